The number of fused-ring (bicyclic) bond motifs is 1. The van der Waals surface area contributed by atoms with E-state index in [4.69, 9.17) is 13.9 Å². The first-order valence-electron chi connectivity index (χ1n) is 9.64. The molecular weight excluding hydrogens is 444 g/mol. The van der Waals surface area contributed by atoms with Gasteiger partial charge in [0, 0.05) is 17.7 Å². The predicted molar refractivity (Wildman–Crippen MR) is 109 cm³/mol. The third-order valence-electron chi connectivity index (χ3n) is 5.26. The van der Waals surface area contributed by atoms with Gasteiger partial charge in [0.1, 0.15) is 46.9 Å². The lowest BCUT2D eigenvalue weighted by molar-refractivity contribution is -0.277. The van der Waals surface area contributed by atoms with Gasteiger partial charge in [0.05, 0.1) is 6.61 Å². The molecule has 1 fully saturated rings. The molecule has 12 heteroatoms. The third kappa shape index (κ3) is 3.90. The number of phenolic OH excluding ortho intramolecular Hbond substituents is 3. The quantitative estimate of drug-likeness (QED) is 0.229. The Bertz CT molecular complexity index is 1250. The van der Waals surface area contributed by atoms with E-state index in [9.17, 15) is 45.6 Å². The van der Waals surface area contributed by atoms with E-state index < -0.39 is 65.7 Å². The normalized spacial score (nSPS) is 25.3. The minimum atomic E-state index is -1.72. The van der Waals surface area contributed by atoms with Crippen LogP contribution in [0.4, 0.5) is 0 Å². The van der Waals surface area contributed by atoms with Crippen molar-refractivity contribution in [2.75, 3.05) is 6.61 Å². The van der Waals surface area contributed by atoms with Gasteiger partial charge in [-0.15, -0.1) is 0 Å². The highest BCUT2D eigenvalue weighted by molar-refractivity contribution is 5.88. The molecule has 3 aromatic rings. The number of hydrogen-bond acceptors (Lipinski definition) is 12. The van der Waals surface area contributed by atoms with Gasteiger partial charge in [-0.05, 0) is 18.2 Å². The maximum Gasteiger partial charge on any atom is 0.238 e. The largest absolute Gasteiger partial charge is 0.507 e. The number of benzene rings is 2. The Labute approximate surface area is 184 Å². The molecule has 1 aliphatic heterocycles. The Morgan fingerprint density at radius 2 is 1.61 bits per heavy atom. The molecule has 0 spiro atoms. The summed E-state index contributed by atoms with van der Waals surface area (Å²) in [6, 6.07) is 5.55. The Balaban J connectivity index is 1.76. The summed E-state index contributed by atoms with van der Waals surface area (Å²) in [4.78, 5) is 12.6. The summed E-state index contributed by atoms with van der Waals surface area (Å²) < 4.78 is 16.3. The average molecular weight is 464 g/mol. The second-order valence-corrected chi connectivity index (χ2v) is 7.44. The molecule has 33 heavy (non-hydrogen) atoms. The maximum absolute atomic E-state index is 12.6. The van der Waals surface area contributed by atoms with Gasteiger partial charge in [-0.25, -0.2) is 0 Å². The Kier molecular flexibility index (Phi) is 5.78. The van der Waals surface area contributed by atoms with E-state index in [2.05, 4.69) is 0 Å². The molecule has 1 aromatic heterocycles. The zero-order chi connectivity index (χ0) is 24.0. The van der Waals surface area contributed by atoms with Crippen LogP contribution in [-0.4, -0.2) is 78.2 Å². The molecule has 8 N–H and O–H groups in total. The van der Waals surface area contributed by atoms with Gasteiger partial charge >= 0.3 is 0 Å². The van der Waals surface area contributed by atoms with Crippen molar-refractivity contribution in [3.05, 3.63) is 40.6 Å². The third-order valence-corrected chi connectivity index (χ3v) is 5.26. The van der Waals surface area contributed by atoms with Crippen LogP contribution in [0, 0.1) is 0 Å². The maximum atomic E-state index is 12.6. The lowest BCUT2D eigenvalue weighted by atomic mass is 9.99. The molecular formula is C21H20O12. The Morgan fingerprint density at radius 1 is 0.879 bits per heavy atom. The number of aliphatic hydroxyl groups excluding tert-OH is 4. The van der Waals surface area contributed by atoms with Crippen molar-refractivity contribution >= 4 is 11.0 Å². The van der Waals surface area contributed by atoms with E-state index in [1.54, 1.807) is 0 Å². The van der Waals surface area contributed by atoms with Crippen LogP contribution in [0.1, 0.15) is 0 Å². The summed E-state index contributed by atoms with van der Waals surface area (Å²) in [6.07, 6.45) is -7.80. The van der Waals surface area contributed by atoms with E-state index >= 15 is 0 Å². The van der Waals surface area contributed by atoms with Gasteiger partial charge in [-0.3, -0.25) is 4.79 Å². The number of phenols is 3. The Morgan fingerprint density at radius 3 is 2.27 bits per heavy atom. The van der Waals surface area contributed by atoms with Crippen LogP contribution in [0.2, 0.25) is 0 Å². The molecule has 0 radical (unpaired) electrons. The molecule has 1 saturated heterocycles. The molecule has 0 aliphatic carbocycles. The summed E-state index contributed by atoms with van der Waals surface area (Å²) in [5, 5.41) is 78.6. The minimum absolute atomic E-state index is 0.0431. The minimum Gasteiger partial charge on any atom is -0.507 e. The van der Waals surface area contributed by atoms with Crippen molar-refractivity contribution in [2.45, 2.75) is 30.7 Å². The first-order chi connectivity index (χ1) is 15.6. The molecule has 4 rings (SSSR count). The van der Waals surface area contributed by atoms with Gasteiger partial charge in [0.15, 0.2) is 17.3 Å². The SMILES string of the molecule is O=c1c(O)c(-c2ccc(O)c(O)c2)oc2cc(O[C@@H]3O[C@@H](CO)[C@H](O)[C@@H](O)[C@@H]3O)cc(O)c12. The molecule has 0 saturated carbocycles. The van der Waals surface area contributed by atoms with E-state index in [-0.39, 0.29) is 28.0 Å². The van der Waals surface area contributed by atoms with Gasteiger partial charge < -0.3 is 54.7 Å². The van der Waals surface area contributed by atoms with Gasteiger partial charge in [-0.2, -0.15) is 0 Å². The zero-order valence-corrected chi connectivity index (χ0v) is 16.7. The van der Waals surface area contributed by atoms with Crippen LogP contribution in [0.25, 0.3) is 22.3 Å². The van der Waals surface area contributed by atoms with E-state index in [0.717, 1.165) is 24.3 Å². The number of rotatable bonds is 4. The Hall–Kier alpha value is -3.55. The fourth-order valence-corrected chi connectivity index (χ4v) is 3.49. The van der Waals surface area contributed by atoms with Crippen LogP contribution < -0.4 is 10.2 Å². The fourth-order valence-electron chi connectivity index (χ4n) is 3.49. The summed E-state index contributed by atoms with van der Waals surface area (Å²) in [5.74, 6) is -3.02. The molecule has 0 amide bonds. The monoisotopic (exact) mass is 464 g/mol. The summed E-state index contributed by atoms with van der Waals surface area (Å²) in [6.45, 7) is -0.676. The van der Waals surface area contributed by atoms with Gasteiger partial charge in [0.25, 0.3) is 0 Å². The topological polar surface area (TPSA) is 211 Å². The van der Waals surface area contributed by atoms with E-state index in [0.29, 0.717) is 0 Å². The van der Waals surface area contributed by atoms with Crippen molar-refractivity contribution in [1.29, 1.82) is 0 Å². The zero-order valence-electron chi connectivity index (χ0n) is 16.7. The van der Waals surface area contributed by atoms with Crippen molar-refractivity contribution in [3.8, 4) is 40.1 Å². The van der Waals surface area contributed by atoms with Crippen LogP contribution in [0.3, 0.4) is 0 Å². The van der Waals surface area contributed by atoms with Crippen LogP contribution in [-0.2, 0) is 4.74 Å². The number of ether oxygens (including phenoxy) is 2. The molecule has 2 aromatic carbocycles. The molecule has 0 unspecified atom stereocenters. The lowest BCUT2D eigenvalue weighted by Gasteiger charge is -2.39. The highest BCUT2D eigenvalue weighted by Crippen LogP contribution is 2.38. The van der Waals surface area contributed by atoms with Crippen LogP contribution in [0.15, 0.2) is 39.5 Å². The molecule has 1 aliphatic rings. The van der Waals surface area contributed by atoms with Crippen LogP contribution >= 0.6 is 0 Å². The summed E-state index contributed by atoms with van der Waals surface area (Å²) in [7, 11) is 0. The fraction of sp³-hybridized carbons (Fsp3) is 0.286. The molecule has 5 atom stereocenters. The summed E-state index contributed by atoms with van der Waals surface area (Å²) in [5.41, 5.74) is -1.20. The molecule has 176 valence electrons. The second-order valence-electron chi connectivity index (χ2n) is 7.44. The van der Waals surface area contributed by atoms with Crippen molar-refractivity contribution in [2.24, 2.45) is 0 Å². The van der Waals surface area contributed by atoms with Crippen molar-refractivity contribution in [1.82, 2.24) is 0 Å². The van der Waals surface area contributed by atoms with E-state index in [1.165, 1.54) is 6.07 Å². The standard InChI is InChI=1S/C21H20O12/c22-6-13-15(26)17(28)19(30)21(33-13)31-8-4-11(25)14-12(5-8)32-20(18(29)16(14)27)7-1-2-9(23)10(24)3-7/h1-5,13,15,17,19,21-26,28-30H,6H2/t13-,15-,17+,19-,21+/m0/s1. The number of aliphatic hydroxyl groups is 4. The van der Waals surface area contributed by atoms with Gasteiger partial charge in [0.2, 0.25) is 17.5 Å². The van der Waals surface area contributed by atoms with Gasteiger partial charge in [-0.1, -0.05) is 0 Å². The average Bonchev–Trinajstić information content (AvgIpc) is 2.78. The first-order valence-corrected chi connectivity index (χ1v) is 9.64. The summed E-state index contributed by atoms with van der Waals surface area (Å²) >= 11 is 0. The van der Waals surface area contributed by atoms with Crippen molar-refractivity contribution in [3.63, 3.8) is 0 Å². The highest BCUT2D eigenvalue weighted by atomic mass is 16.7. The molecule has 0 bridgehead atoms. The van der Waals surface area contributed by atoms with Crippen molar-refractivity contribution < 1.29 is 54.7 Å². The predicted octanol–water partition coefficient (Wildman–Crippen LogP) is -0.539. The number of aromatic hydroxyl groups is 4. The lowest BCUT2D eigenvalue weighted by Crippen LogP contribution is -2.60. The van der Waals surface area contributed by atoms with Crippen LogP contribution in [0.5, 0.6) is 28.7 Å². The smallest absolute Gasteiger partial charge is 0.238 e. The molecule has 2 heterocycles. The first kappa shape index (κ1) is 22.6. The number of hydrogen-bond donors (Lipinski definition) is 8. The highest BCUT2D eigenvalue weighted by Gasteiger charge is 2.44. The van der Waals surface area contributed by atoms with E-state index in [1.807, 2.05) is 0 Å². The second kappa shape index (κ2) is 8.42. The molecule has 12 nitrogen and oxygen atoms in total.